The van der Waals surface area contributed by atoms with E-state index in [0.717, 1.165) is 56.3 Å². The van der Waals surface area contributed by atoms with Gasteiger partial charge >= 0.3 is 0 Å². The van der Waals surface area contributed by atoms with Gasteiger partial charge in [-0.3, -0.25) is 9.89 Å². The van der Waals surface area contributed by atoms with Gasteiger partial charge in [0.25, 0.3) is 0 Å². The Hall–Kier alpha value is -2.88. The second-order valence-electron chi connectivity index (χ2n) is 7.01. The van der Waals surface area contributed by atoms with Crippen molar-refractivity contribution in [3.8, 4) is 17.6 Å². The van der Waals surface area contributed by atoms with Gasteiger partial charge in [-0.2, -0.15) is 10.4 Å². The van der Waals surface area contributed by atoms with Crippen molar-refractivity contribution in [1.82, 2.24) is 20.2 Å². The van der Waals surface area contributed by atoms with Gasteiger partial charge in [0.2, 0.25) is 5.91 Å². The third-order valence-electron chi connectivity index (χ3n) is 5.03. The molecular formula is C19H22N6O. The van der Waals surface area contributed by atoms with E-state index in [4.69, 9.17) is 4.98 Å². The van der Waals surface area contributed by atoms with E-state index < -0.39 is 5.92 Å². The predicted molar refractivity (Wildman–Crippen MR) is 97.0 cm³/mol. The van der Waals surface area contributed by atoms with E-state index in [1.54, 1.807) is 6.20 Å². The number of aromatic amines is 2. The van der Waals surface area contributed by atoms with E-state index in [1.165, 1.54) is 0 Å². The molecule has 1 saturated carbocycles. The van der Waals surface area contributed by atoms with Gasteiger partial charge in [-0.05, 0) is 50.9 Å². The minimum Gasteiger partial charge on any atom is -0.340 e. The number of anilines is 1. The topological polar surface area (TPSA) is 110 Å². The second kappa shape index (κ2) is 7.16. The summed E-state index contributed by atoms with van der Waals surface area (Å²) in [5, 5.41) is 19.1. The van der Waals surface area contributed by atoms with Crippen LogP contribution < -0.4 is 5.32 Å². The normalized spacial score (nSPS) is 19.3. The van der Waals surface area contributed by atoms with Gasteiger partial charge in [0.05, 0.1) is 23.6 Å². The molecule has 1 amide bonds. The molecule has 0 radical (unpaired) electrons. The first-order chi connectivity index (χ1) is 12.8. The van der Waals surface area contributed by atoms with Crippen LogP contribution >= 0.6 is 0 Å². The van der Waals surface area contributed by atoms with Crippen LogP contribution in [-0.4, -0.2) is 26.1 Å². The fourth-order valence-electron chi connectivity index (χ4n) is 3.41. The van der Waals surface area contributed by atoms with Gasteiger partial charge in [-0.1, -0.05) is 12.2 Å². The van der Waals surface area contributed by atoms with E-state index in [9.17, 15) is 10.1 Å². The molecule has 1 atom stereocenters. The van der Waals surface area contributed by atoms with Crippen molar-refractivity contribution < 1.29 is 4.79 Å². The number of carbonyl (C=O) groups is 1. The molecule has 0 aliphatic heterocycles. The zero-order valence-electron chi connectivity index (χ0n) is 14.6. The van der Waals surface area contributed by atoms with Crippen molar-refractivity contribution in [2.45, 2.75) is 44.9 Å². The average Bonchev–Trinajstić information content (AvgIpc) is 3.18. The maximum absolute atomic E-state index is 12.4. The Morgan fingerprint density at radius 1 is 1.31 bits per heavy atom. The second-order valence-corrected chi connectivity index (χ2v) is 7.01. The van der Waals surface area contributed by atoms with Crippen molar-refractivity contribution >= 4 is 11.6 Å². The van der Waals surface area contributed by atoms with E-state index in [0.29, 0.717) is 17.2 Å². The maximum atomic E-state index is 12.4. The fraction of sp³-hybridized carbons (Fsp3) is 0.474. The van der Waals surface area contributed by atoms with Crippen LogP contribution in [0.15, 0.2) is 18.3 Å². The summed E-state index contributed by atoms with van der Waals surface area (Å²) in [5.41, 5.74) is 3.45. The Morgan fingerprint density at radius 3 is 2.96 bits per heavy atom. The lowest BCUT2D eigenvalue weighted by atomic mass is 10.1. The molecule has 2 aliphatic carbocycles. The Bertz CT molecular complexity index is 867. The van der Waals surface area contributed by atoms with E-state index in [-0.39, 0.29) is 11.8 Å². The predicted octanol–water partition coefficient (Wildman–Crippen LogP) is 3.11. The molecule has 1 unspecified atom stereocenters. The number of hydrogen-bond acceptors (Lipinski definition) is 4. The summed E-state index contributed by atoms with van der Waals surface area (Å²) in [5.74, 6) is 0.0253. The first kappa shape index (κ1) is 16.6. The first-order valence-corrected chi connectivity index (χ1v) is 9.23. The summed E-state index contributed by atoms with van der Waals surface area (Å²) in [6, 6.07) is 2.12. The first-order valence-electron chi connectivity index (χ1n) is 9.23. The molecule has 7 nitrogen and oxygen atoms in total. The smallest absolute Gasteiger partial charge is 0.242 e. The van der Waals surface area contributed by atoms with Crippen LogP contribution in [0.3, 0.4) is 0 Å². The highest BCUT2D eigenvalue weighted by atomic mass is 16.1. The van der Waals surface area contributed by atoms with Crippen molar-refractivity contribution in [3.63, 3.8) is 0 Å². The van der Waals surface area contributed by atoms with Gasteiger partial charge in [0.1, 0.15) is 11.6 Å². The van der Waals surface area contributed by atoms with E-state index in [1.807, 2.05) is 0 Å². The number of allylic oxidation sites excluding steroid dienone is 2. The molecule has 0 bridgehead atoms. The summed E-state index contributed by atoms with van der Waals surface area (Å²) < 4.78 is 0. The van der Waals surface area contributed by atoms with Crippen LogP contribution in [0, 0.1) is 23.2 Å². The number of imidazole rings is 1. The summed E-state index contributed by atoms with van der Waals surface area (Å²) >= 11 is 0. The highest BCUT2D eigenvalue weighted by Crippen LogP contribution is 2.37. The molecule has 1 fully saturated rings. The van der Waals surface area contributed by atoms with Crippen LogP contribution in [0.5, 0.6) is 0 Å². The number of nitrogens with zero attached hydrogens (tertiary/aromatic N) is 3. The summed E-state index contributed by atoms with van der Waals surface area (Å²) in [4.78, 5) is 20.6. The minimum absolute atomic E-state index is 0.191. The highest BCUT2D eigenvalue weighted by Gasteiger charge is 2.36. The van der Waals surface area contributed by atoms with Crippen LogP contribution in [0.2, 0.25) is 0 Å². The van der Waals surface area contributed by atoms with Crippen molar-refractivity contribution in [2.24, 2.45) is 11.8 Å². The Balaban J connectivity index is 1.56. The molecule has 3 N–H and O–H groups in total. The third kappa shape index (κ3) is 3.40. The average molecular weight is 350 g/mol. The molecule has 2 aliphatic rings. The van der Waals surface area contributed by atoms with Gasteiger partial charge in [0, 0.05) is 5.69 Å². The van der Waals surface area contributed by atoms with Crippen LogP contribution in [0.4, 0.5) is 5.69 Å². The molecule has 2 aromatic rings. The van der Waals surface area contributed by atoms with Crippen molar-refractivity contribution in [2.75, 3.05) is 5.32 Å². The molecule has 0 saturated heterocycles. The highest BCUT2D eigenvalue weighted by molar-refractivity contribution is 5.97. The van der Waals surface area contributed by atoms with Crippen LogP contribution in [0.1, 0.15) is 43.5 Å². The number of rotatable bonds is 4. The van der Waals surface area contributed by atoms with Gasteiger partial charge in [-0.15, -0.1) is 0 Å². The Morgan fingerprint density at radius 2 is 2.15 bits per heavy atom. The number of H-pyrrole nitrogens is 2. The van der Waals surface area contributed by atoms with Gasteiger partial charge < -0.3 is 10.3 Å². The summed E-state index contributed by atoms with van der Waals surface area (Å²) in [7, 11) is 0. The number of amides is 1. The van der Waals surface area contributed by atoms with Crippen LogP contribution in [-0.2, 0) is 17.6 Å². The molecule has 2 aromatic heterocycles. The van der Waals surface area contributed by atoms with Crippen molar-refractivity contribution in [3.05, 3.63) is 29.7 Å². The molecule has 2 heterocycles. The summed E-state index contributed by atoms with van der Waals surface area (Å²) in [6.07, 6.45) is 12.9. The zero-order valence-corrected chi connectivity index (χ0v) is 14.6. The largest absolute Gasteiger partial charge is 0.340 e. The zero-order chi connectivity index (χ0) is 17.9. The third-order valence-corrected chi connectivity index (χ3v) is 5.03. The Kier molecular flexibility index (Phi) is 4.57. The van der Waals surface area contributed by atoms with E-state index in [2.05, 4.69) is 38.7 Å². The standard InChI is InChI=1S/C19H22N6O/c20-10-13(12-8-9-12)19(26)24-16-11-21-25-17(16)18-22-14-6-4-2-1-3-5-7-15(14)23-18/h1-2,11-13H,3-9H2,(H,21,25)(H,22,23)(H,24,26)/b2-1-. The molecule has 26 heavy (non-hydrogen) atoms. The fourth-order valence-corrected chi connectivity index (χ4v) is 3.41. The Labute approximate surface area is 151 Å². The number of aryl methyl sites for hydroxylation is 2. The molecular weight excluding hydrogens is 328 g/mol. The number of nitrogens with one attached hydrogen (secondary N) is 3. The van der Waals surface area contributed by atoms with Gasteiger partial charge in [0.15, 0.2) is 5.82 Å². The quantitative estimate of drug-likeness (QED) is 0.736. The number of nitriles is 1. The number of hydrogen-bond donors (Lipinski definition) is 3. The SMILES string of the molecule is N#CC(C(=O)Nc1cn[nH]c1-c1nc2c([nH]1)CCC/C=C\CC2)C1CC1. The molecule has 7 heteroatoms. The molecule has 134 valence electrons. The lowest BCUT2D eigenvalue weighted by Crippen LogP contribution is -2.23. The van der Waals surface area contributed by atoms with Crippen molar-refractivity contribution in [1.29, 1.82) is 5.26 Å². The lowest BCUT2D eigenvalue weighted by molar-refractivity contribution is -0.118. The maximum Gasteiger partial charge on any atom is 0.242 e. The van der Waals surface area contributed by atoms with E-state index >= 15 is 0 Å². The minimum atomic E-state index is -0.592. The number of aromatic nitrogens is 4. The molecule has 0 spiro atoms. The number of carbonyl (C=O) groups excluding carboxylic acids is 1. The summed E-state index contributed by atoms with van der Waals surface area (Å²) in [6.45, 7) is 0. The number of fused-ring (bicyclic) bond motifs is 1. The van der Waals surface area contributed by atoms with Crippen LogP contribution in [0.25, 0.3) is 11.5 Å². The molecule has 0 aromatic carbocycles. The molecule has 4 rings (SSSR count). The lowest BCUT2D eigenvalue weighted by Gasteiger charge is -2.08. The van der Waals surface area contributed by atoms with Gasteiger partial charge in [-0.25, -0.2) is 4.98 Å². The monoisotopic (exact) mass is 350 g/mol.